The third kappa shape index (κ3) is 3.21. The van der Waals surface area contributed by atoms with Gasteiger partial charge in [0.25, 0.3) is 5.69 Å². The molecular weight excluding hydrogens is 272 g/mol. The maximum absolute atomic E-state index is 11.7. The average molecular weight is 292 g/mol. The van der Waals surface area contributed by atoms with Crippen LogP contribution in [0.1, 0.15) is 42.6 Å². The third-order valence-electron chi connectivity index (χ3n) is 4.16. The van der Waals surface area contributed by atoms with Gasteiger partial charge in [-0.3, -0.25) is 15.0 Å². The highest BCUT2D eigenvalue weighted by molar-refractivity contribution is 5.94. The van der Waals surface area contributed by atoms with Crippen LogP contribution in [0, 0.1) is 10.1 Å². The van der Waals surface area contributed by atoms with Crippen LogP contribution in [0.25, 0.3) is 0 Å². The second-order valence-electron chi connectivity index (χ2n) is 5.55. The molecule has 2 unspecified atom stereocenters. The van der Waals surface area contributed by atoms with Crippen molar-refractivity contribution in [2.75, 3.05) is 7.11 Å². The van der Waals surface area contributed by atoms with Gasteiger partial charge in [-0.25, -0.2) is 4.79 Å². The molecule has 6 heteroatoms. The predicted molar refractivity (Wildman–Crippen MR) is 78.1 cm³/mol. The summed E-state index contributed by atoms with van der Waals surface area (Å²) in [5.41, 5.74) is 0.689. The van der Waals surface area contributed by atoms with E-state index in [1.54, 1.807) is 12.1 Å². The van der Waals surface area contributed by atoms with Gasteiger partial charge in [0.05, 0.1) is 12.0 Å². The summed E-state index contributed by atoms with van der Waals surface area (Å²) in [6.45, 7) is 5.04. The fourth-order valence-electron chi connectivity index (χ4n) is 2.89. The summed E-state index contributed by atoms with van der Waals surface area (Å²) < 4.78 is 4.64. The van der Waals surface area contributed by atoms with Crippen LogP contribution < -0.4 is 0 Å². The number of rotatable bonds is 4. The van der Waals surface area contributed by atoms with Gasteiger partial charge < -0.3 is 4.74 Å². The van der Waals surface area contributed by atoms with Crippen LogP contribution in [0.5, 0.6) is 0 Å². The average Bonchev–Trinajstić information content (AvgIpc) is 2.78. The SMILES string of the molecule is COC(=O)c1cc(CN2C(C)CCC2C)ccc1[N+](=O)[O-]. The summed E-state index contributed by atoms with van der Waals surface area (Å²) in [6, 6.07) is 5.63. The Kier molecular flexibility index (Phi) is 4.57. The summed E-state index contributed by atoms with van der Waals surface area (Å²) in [5.74, 6) is -0.675. The zero-order valence-electron chi connectivity index (χ0n) is 12.5. The molecule has 0 N–H and O–H groups in total. The number of ether oxygens (including phenoxy) is 1. The van der Waals surface area contributed by atoms with Gasteiger partial charge in [-0.05, 0) is 38.3 Å². The molecule has 1 aromatic rings. The van der Waals surface area contributed by atoms with Crippen molar-refractivity contribution in [2.24, 2.45) is 0 Å². The number of nitrogens with zero attached hydrogens (tertiary/aromatic N) is 2. The number of hydrogen-bond donors (Lipinski definition) is 0. The van der Waals surface area contributed by atoms with Gasteiger partial charge in [0.15, 0.2) is 0 Å². The zero-order valence-corrected chi connectivity index (χ0v) is 12.5. The Hall–Kier alpha value is -1.95. The Morgan fingerprint density at radius 3 is 2.52 bits per heavy atom. The Morgan fingerprint density at radius 1 is 1.38 bits per heavy atom. The first-order chi connectivity index (χ1) is 9.93. The predicted octanol–water partition coefficient (Wildman–Crippen LogP) is 2.75. The number of carbonyl (C=O) groups is 1. The van der Waals surface area contributed by atoms with E-state index in [2.05, 4.69) is 23.5 Å². The van der Waals surface area contributed by atoms with E-state index in [1.165, 1.54) is 13.2 Å². The fourth-order valence-corrected chi connectivity index (χ4v) is 2.89. The van der Waals surface area contributed by atoms with E-state index in [4.69, 9.17) is 0 Å². The molecule has 0 aromatic heterocycles. The van der Waals surface area contributed by atoms with Crippen LogP contribution in [0.2, 0.25) is 0 Å². The highest BCUT2D eigenvalue weighted by Crippen LogP contribution is 2.27. The standard InChI is InChI=1S/C15H20N2O4/c1-10-4-5-11(2)16(10)9-12-6-7-14(17(19)20)13(8-12)15(18)21-3/h6-8,10-11H,4-5,9H2,1-3H3. The first kappa shape index (κ1) is 15.4. The molecule has 1 aliphatic rings. The van der Waals surface area contributed by atoms with E-state index in [-0.39, 0.29) is 11.3 Å². The lowest BCUT2D eigenvalue weighted by Gasteiger charge is -2.26. The van der Waals surface area contributed by atoms with Crippen molar-refractivity contribution in [3.05, 3.63) is 39.4 Å². The Bertz CT molecular complexity index is 549. The Balaban J connectivity index is 2.29. The van der Waals surface area contributed by atoms with Crippen molar-refractivity contribution >= 4 is 11.7 Å². The molecule has 1 aromatic carbocycles. The van der Waals surface area contributed by atoms with Crippen LogP contribution in [-0.4, -0.2) is 35.0 Å². The molecule has 6 nitrogen and oxygen atoms in total. The maximum atomic E-state index is 11.7. The van der Waals surface area contributed by atoms with Crippen molar-refractivity contribution in [3.8, 4) is 0 Å². The minimum absolute atomic E-state index is 0.0134. The number of carbonyl (C=O) groups excluding carboxylic acids is 1. The maximum Gasteiger partial charge on any atom is 0.344 e. The number of esters is 1. The number of methoxy groups -OCH3 is 1. The Labute approximate surface area is 123 Å². The number of benzene rings is 1. The highest BCUT2D eigenvalue weighted by Gasteiger charge is 2.28. The first-order valence-electron chi connectivity index (χ1n) is 7.05. The van der Waals surface area contributed by atoms with Crippen LogP contribution >= 0.6 is 0 Å². The van der Waals surface area contributed by atoms with Gasteiger partial charge in [-0.1, -0.05) is 6.07 Å². The van der Waals surface area contributed by atoms with Gasteiger partial charge in [0, 0.05) is 24.7 Å². The molecule has 0 spiro atoms. The van der Waals surface area contributed by atoms with Gasteiger partial charge in [0.1, 0.15) is 5.56 Å². The number of hydrogen-bond acceptors (Lipinski definition) is 5. The highest BCUT2D eigenvalue weighted by atomic mass is 16.6. The van der Waals surface area contributed by atoms with Crippen LogP contribution in [-0.2, 0) is 11.3 Å². The monoisotopic (exact) mass is 292 g/mol. The van der Waals surface area contributed by atoms with Crippen molar-refractivity contribution in [1.29, 1.82) is 0 Å². The number of nitro groups is 1. The second kappa shape index (κ2) is 6.22. The molecule has 1 heterocycles. The minimum Gasteiger partial charge on any atom is -0.465 e. The van der Waals surface area contributed by atoms with Crippen LogP contribution in [0.3, 0.4) is 0 Å². The molecule has 0 radical (unpaired) electrons. The lowest BCUT2D eigenvalue weighted by molar-refractivity contribution is -0.385. The normalized spacial score (nSPS) is 22.2. The molecule has 0 saturated carbocycles. The molecule has 2 rings (SSSR count). The van der Waals surface area contributed by atoms with Gasteiger partial charge in [-0.15, -0.1) is 0 Å². The fraction of sp³-hybridized carbons (Fsp3) is 0.533. The Morgan fingerprint density at radius 2 is 2.00 bits per heavy atom. The smallest absolute Gasteiger partial charge is 0.344 e. The summed E-state index contributed by atoms with van der Waals surface area (Å²) >= 11 is 0. The van der Waals surface area contributed by atoms with E-state index in [9.17, 15) is 14.9 Å². The van der Waals surface area contributed by atoms with Crippen LogP contribution in [0.4, 0.5) is 5.69 Å². The molecule has 1 aliphatic heterocycles. The van der Waals surface area contributed by atoms with Crippen molar-refractivity contribution < 1.29 is 14.5 Å². The summed E-state index contributed by atoms with van der Waals surface area (Å²) in [6.07, 6.45) is 2.30. The molecule has 0 amide bonds. The van der Waals surface area contributed by atoms with Crippen molar-refractivity contribution in [3.63, 3.8) is 0 Å². The number of likely N-dealkylation sites (tertiary alicyclic amines) is 1. The van der Waals surface area contributed by atoms with E-state index >= 15 is 0 Å². The summed E-state index contributed by atoms with van der Waals surface area (Å²) in [5, 5.41) is 11.0. The van der Waals surface area contributed by atoms with Crippen molar-refractivity contribution in [1.82, 2.24) is 4.90 Å². The molecular formula is C15H20N2O4. The minimum atomic E-state index is -0.675. The molecule has 21 heavy (non-hydrogen) atoms. The largest absolute Gasteiger partial charge is 0.465 e. The molecule has 1 saturated heterocycles. The zero-order chi connectivity index (χ0) is 15.6. The third-order valence-corrected chi connectivity index (χ3v) is 4.16. The molecule has 0 aliphatic carbocycles. The van der Waals surface area contributed by atoms with E-state index in [0.29, 0.717) is 18.6 Å². The van der Waals surface area contributed by atoms with E-state index in [0.717, 1.165) is 18.4 Å². The summed E-state index contributed by atoms with van der Waals surface area (Å²) in [4.78, 5) is 24.5. The molecule has 2 atom stereocenters. The number of nitro benzene ring substituents is 1. The first-order valence-corrected chi connectivity index (χ1v) is 7.05. The second-order valence-corrected chi connectivity index (χ2v) is 5.55. The lowest BCUT2D eigenvalue weighted by atomic mass is 10.1. The summed E-state index contributed by atoms with van der Waals surface area (Å²) in [7, 11) is 1.23. The topological polar surface area (TPSA) is 72.7 Å². The van der Waals surface area contributed by atoms with Gasteiger partial charge in [-0.2, -0.15) is 0 Å². The lowest BCUT2D eigenvalue weighted by Crippen LogP contribution is -2.32. The van der Waals surface area contributed by atoms with E-state index < -0.39 is 10.9 Å². The molecule has 114 valence electrons. The molecule has 0 bridgehead atoms. The van der Waals surface area contributed by atoms with Crippen LogP contribution in [0.15, 0.2) is 18.2 Å². The molecule has 1 fully saturated rings. The quantitative estimate of drug-likeness (QED) is 0.484. The van der Waals surface area contributed by atoms with Gasteiger partial charge >= 0.3 is 5.97 Å². The van der Waals surface area contributed by atoms with Crippen molar-refractivity contribution in [2.45, 2.75) is 45.3 Å². The van der Waals surface area contributed by atoms with E-state index in [1.807, 2.05) is 0 Å². The van der Waals surface area contributed by atoms with Gasteiger partial charge in [0.2, 0.25) is 0 Å².